The van der Waals surface area contributed by atoms with Gasteiger partial charge in [0, 0.05) is 74.5 Å². The number of hydrogen-bond acceptors (Lipinski definition) is 11. The lowest BCUT2D eigenvalue weighted by molar-refractivity contribution is -0.172. The van der Waals surface area contributed by atoms with Gasteiger partial charge >= 0.3 is 17.8 Å². The third-order valence-corrected chi connectivity index (χ3v) is 16.3. The minimum Gasteiger partial charge on any atom is -0.481 e. The number of aromatic nitrogens is 2. The molecular formula is C62H77Cl2F4N9O8. The average Bonchev–Trinajstić information content (AvgIpc) is 3.28. The molecule has 6 atom stereocenters. The van der Waals surface area contributed by atoms with Gasteiger partial charge in [0.15, 0.2) is 0 Å². The maximum Gasteiger partial charge on any atom is 0.323 e. The topological polar surface area (TPSA) is 191 Å². The molecule has 1 aromatic heterocycles. The molecule has 7 rings (SSSR count). The number of aliphatic carboxylic acids is 1. The van der Waals surface area contributed by atoms with Crippen LogP contribution < -0.4 is 20.7 Å². The van der Waals surface area contributed by atoms with Crippen LogP contribution in [-0.4, -0.2) is 167 Å². The third-order valence-electron chi connectivity index (χ3n) is 15.8. The van der Waals surface area contributed by atoms with E-state index in [9.17, 15) is 46.6 Å². The number of carbonyl (C=O) groups excluding carboxylic acids is 4. The minimum atomic E-state index is -4.22. The second-order valence-electron chi connectivity index (χ2n) is 22.5. The van der Waals surface area contributed by atoms with Gasteiger partial charge in [-0.2, -0.15) is 17.6 Å². The molecular weight excluding hydrogens is 1150 g/mol. The number of amides is 4. The van der Waals surface area contributed by atoms with E-state index in [0.717, 1.165) is 46.0 Å². The normalized spacial score (nSPS) is 18.0. The monoisotopic (exact) mass is 1220 g/mol. The molecule has 85 heavy (non-hydrogen) atoms. The quantitative estimate of drug-likeness (QED) is 0.0333. The van der Waals surface area contributed by atoms with Crippen LogP contribution in [-0.2, 0) is 61.7 Å². The zero-order valence-electron chi connectivity index (χ0n) is 48.8. The summed E-state index contributed by atoms with van der Waals surface area (Å²) in [6.45, 7) is -2.12. The van der Waals surface area contributed by atoms with E-state index < -0.39 is 84.8 Å². The molecule has 0 bridgehead atoms. The molecule has 0 radical (unpaired) electrons. The number of likely N-dealkylation sites (tertiary alicyclic amines) is 1. The van der Waals surface area contributed by atoms with Crippen LogP contribution in [0.25, 0.3) is 11.3 Å². The molecule has 4 amide bonds. The van der Waals surface area contributed by atoms with Crippen molar-refractivity contribution in [2.24, 2.45) is 13.0 Å². The van der Waals surface area contributed by atoms with Crippen molar-refractivity contribution in [2.45, 2.75) is 119 Å². The third kappa shape index (κ3) is 18.2. The van der Waals surface area contributed by atoms with Gasteiger partial charge in [0.05, 0.1) is 62.6 Å². The first-order valence-corrected chi connectivity index (χ1v) is 29.2. The van der Waals surface area contributed by atoms with Crippen LogP contribution >= 0.6 is 23.2 Å². The van der Waals surface area contributed by atoms with Crippen molar-refractivity contribution >= 4 is 52.8 Å². The van der Waals surface area contributed by atoms with E-state index in [4.69, 9.17) is 32.7 Å². The zero-order valence-corrected chi connectivity index (χ0v) is 50.4. The highest BCUT2D eigenvalue weighted by atomic mass is 35.5. The van der Waals surface area contributed by atoms with Crippen molar-refractivity contribution in [3.05, 3.63) is 136 Å². The molecule has 1 aliphatic carbocycles. The van der Waals surface area contributed by atoms with E-state index in [1.165, 1.54) is 19.1 Å². The van der Waals surface area contributed by atoms with Crippen molar-refractivity contribution in [2.75, 3.05) is 61.5 Å². The summed E-state index contributed by atoms with van der Waals surface area (Å²) in [6.07, 6.45) is 4.31. The van der Waals surface area contributed by atoms with Crippen LogP contribution in [0, 0.1) is 5.92 Å². The molecule has 17 nitrogen and oxygen atoms in total. The fourth-order valence-corrected chi connectivity index (χ4v) is 11.4. The van der Waals surface area contributed by atoms with Gasteiger partial charge in [-0.1, -0.05) is 84.6 Å². The fraction of sp³-hybridized carbons (Fsp3) is 0.484. The number of nitrogens with one attached hydrogen (secondary N) is 3. The largest absolute Gasteiger partial charge is 0.481 e. The number of alkyl halides is 4. The average molecular weight is 1220 g/mol. The Morgan fingerprint density at radius 3 is 2.13 bits per heavy atom. The summed E-state index contributed by atoms with van der Waals surface area (Å²) in [5.41, 5.74) is 3.95. The minimum absolute atomic E-state index is 0.00429. The number of halogens is 6. The number of rotatable bonds is 29. The molecule has 0 spiro atoms. The van der Waals surface area contributed by atoms with Crippen molar-refractivity contribution < 1.29 is 56.1 Å². The zero-order chi connectivity index (χ0) is 61.6. The second kappa shape index (κ2) is 30.1. The standard InChI is InChI=1S/C62H77Cl2F4N9O8/c1-73(2)36-55-70-35-53(75(55)4)42-21-26-48(27-22-42)85-54-32-46(64)25-20-43(54)34-69-50(16-12-28-77-38-61(65,66)62(67,68)39-77)58(81)72-51(37-84-6)60(83)74(3)47(30-41-18-23-45(63)24-19-41)33-56(78)71-49-15-10-11-17-52(49)76(5)59(82)44(31-57(79)80)29-40-13-8-7-9-14-40/h7-9,13-14,18-27,32,35,44,47,49-52,69H,10-12,15-17,28-31,33-34,36-39H2,1-6H3,(H,71,78)(H,72,81)(H,79,80)/t44-,47+,49+,50+,51+,52+/m1/s1. The molecule has 2 aliphatic rings. The maximum absolute atomic E-state index is 14.8. The number of carbonyl (C=O) groups is 5. The van der Waals surface area contributed by atoms with Crippen LogP contribution in [0.3, 0.4) is 0 Å². The highest BCUT2D eigenvalue weighted by Crippen LogP contribution is 2.41. The molecule has 4 N–H and O–H groups in total. The Morgan fingerprint density at radius 1 is 0.812 bits per heavy atom. The Bertz CT molecular complexity index is 3030. The summed E-state index contributed by atoms with van der Waals surface area (Å²) in [6, 6.07) is 24.3. The summed E-state index contributed by atoms with van der Waals surface area (Å²) in [5, 5.41) is 19.8. The molecule has 1 saturated heterocycles. The number of nitrogens with zero attached hydrogens (tertiary/aromatic N) is 6. The molecule has 0 unspecified atom stereocenters. The van der Waals surface area contributed by atoms with Crippen molar-refractivity contribution in [3.8, 4) is 22.8 Å². The number of benzene rings is 4. The highest BCUT2D eigenvalue weighted by Gasteiger charge is 2.62. The highest BCUT2D eigenvalue weighted by molar-refractivity contribution is 6.31. The van der Waals surface area contributed by atoms with Crippen LogP contribution in [0.5, 0.6) is 11.5 Å². The van der Waals surface area contributed by atoms with Gasteiger partial charge in [0.25, 0.3) is 0 Å². The van der Waals surface area contributed by atoms with Gasteiger partial charge in [0.1, 0.15) is 23.4 Å². The number of methoxy groups -OCH3 is 1. The van der Waals surface area contributed by atoms with E-state index in [2.05, 4.69) is 20.9 Å². The second-order valence-corrected chi connectivity index (χ2v) is 23.4. The summed E-state index contributed by atoms with van der Waals surface area (Å²) < 4.78 is 71.0. The van der Waals surface area contributed by atoms with Crippen molar-refractivity contribution in [1.82, 2.24) is 45.1 Å². The molecule has 1 aliphatic heterocycles. The Morgan fingerprint density at radius 2 is 1.47 bits per heavy atom. The molecule has 23 heteroatoms. The van der Waals surface area contributed by atoms with E-state index in [1.54, 1.807) is 66.5 Å². The van der Waals surface area contributed by atoms with E-state index in [-0.39, 0.29) is 64.1 Å². The Hall–Kier alpha value is -6.62. The number of ether oxygens (including phenoxy) is 2. The summed E-state index contributed by atoms with van der Waals surface area (Å²) >= 11 is 12.7. The van der Waals surface area contributed by atoms with Gasteiger partial charge in [-0.3, -0.25) is 28.9 Å². The lowest BCUT2D eigenvalue weighted by Gasteiger charge is -2.40. The first kappa shape index (κ1) is 65.9. The van der Waals surface area contributed by atoms with Crippen LogP contribution in [0.15, 0.2) is 103 Å². The van der Waals surface area contributed by atoms with E-state index in [1.807, 2.05) is 79.3 Å². The predicted octanol–water partition coefficient (Wildman–Crippen LogP) is 8.88. The van der Waals surface area contributed by atoms with Crippen molar-refractivity contribution in [1.29, 1.82) is 0 Å². The van der Waals surface area contributed by atoms with E-state index >= 15 is 0 Å². The fourth-order valence-electron chi connectivity index (χ4n) is 11.1. The van der Waals surface area contributed by atoms with Gasteiger partial charge in [-0.25, -0.2) is 4.98 Å². The molecule has 5 aromatic rings. The number of hydrogen-bond donors (Lipinski definition) is 4. The van der Waals surface area contributed by atoms with E-state index in [0.29, 0.717) is 46.5 Å². The lowest BCUT2D eigenvalue weighted by Crippen LogP contribution is -2.57. The Kier molecular flexibility index (Phi) is 23.4. The van der Waals surface area contributed by atoms with Crippen LogP contribution in [0.2, 0.25) is 10.0 Å². The smallest absolute Gasteiger partial charge is 0.323 e. The van der Waals surface area contributed by atoms with Crippen molar-refractivity contribution in [3.63, 3.8) is 0 Å². The molecule has 2 heterocycles. The first-order valence-electron chi connectivity index (χ1n) is 28.5. The maximum atomic E-state index is 14.8. The summed E-state index contributed by atoms with van der Waals surface area (Å²) in [7, 11) is 10.4. The molecule has 4 aromatic carbocycles. The number of carboxylic acid groups (broad SMARTS) is 1. The summed E-state index contributed by atoms with van der Waals surface area (Å²) in [5.74, 6) is -10.7. The van der Waals surface area contributed by atoms with Gasteiger partial charge in [-0.15, -0.1) is 0 Å². The van der Waals surface area contributed by atoms with Gasteiger partial charge < -0.3 is 49.8 Å². The molecule has 1 saturated carbocycles. The Balaban J connectivity index is 1.07. The van der Waals surface area contributed by atoms with Gasteiger partial charge in [0.2, 0.25) is 23.6 Å². The number of imidazole rings is 1. The lowest BCUT2D eigenvalue weighted by atomic mass is 9.87. The van der Waals surface area contributed by atoms with Crippen LogP contribution in [0.1, 0.15) is 73.9 Å². The number of likely N-dealkylation sites (N-methyl/N-ethyl adjacent to an activating group) is 2. The molecule has 460 valence electrons. The molecule has 2 fully saturated rings. The first-order chi connectivity index (χ1) is 40.4. The Labute approximate surface area is 504 Å². The number of carboxylic acids is 1. The van der Waals surface area contributed by atoms with Gasteiger partial charge in [-0.05, 0) is 119 Å². The summed E-state index contributed by atoms with van der Waals surface area (Å²) in [4.78, 5) is 80.4. The SMILES string of the molecule is COC[C@H](NC(=O)[C@H](CCCN1CC(F)(F)C(F)(F)C1)NCc1ccc(Cl)cc1Oc1ccc(-c2cnc(CN(C)C)n2C)cc1)C(=O)N(C)[C@H](CC(=O)N[C@H]1CCCC[C@@H]1N(C)C(=O)[C@@H](CC(=O)O)Cc1ccccc1)Cc1ccc(Cl)cc1. The van der Waals surface area contributed by atoms with Crippen LogP contribution in [0.4, 0.5) is 17.6 Å². The predicted molar refractivity (Wildman–Crippen MR) is 317 cm³/mol.